The van der Waals surface area contributed by atoms with E-state index in [1.807, 2.05) is 46.9 Å². The van der Waals surface area contributed by atoms with Crippen molar-refractivity contribution in [2.45, 2.75) is 13.8 Å². The van der Waals surface area contributed by atoms with Gasteiger partial charge in [-0.25, -0.2) is 0 Å². The van der Waals surface area contributed by atoms with Crippen molar-refractivity contribution in [3.05, 3.63) is 89.7 Å². The van der Waals surface area contributed by atoms with Crippen LogP contribution in [0, 0.1) is 0 Å². The topological polar surface area (TPSA) is 83.6 Å². The van der Waals surface area contributed by atoms with Crippen LogP contribution in [0.4, 0.5) is 5.69 Å². The lowest BCUT2D eigenvalue weighted by molar-refractivity contribution is -0.486. The second-order valence-electron chi connectivity index (χ2n) is 9.15. The summed E-state index contributed by atoms with van der Waals surface area (Å²) in [4.78, 5) is 25.5. The van der Waals surface area contributed by atoms with Crippen molar-refractivity contribution in [2.75, 3.05) is 18.0 Å². The molecule has 0 spiro atoms. The van der Waals surface area contributed by atoms with Gasteiger partial charge in [-0.3, -0.25) is 4.79 Å². The van der Waals surface area contributed by atoms with E-state index < -0.39 is 0 Å². The molecule has 7 rings (SSSR count). The lowest BCUT2D eigenvalue weighted by Crippen LogP contribution is -2.29. The van der Waals surface area contributed by atoms with Crippen molar-refractivity contribution in [1.29, 1.82) is 0 Å². The Morgan fingerprint density at radius 3 is 2.46 bits per heavy atom. The van der Waals surface area contributed by atoms with Gasteiger partial charge in [-0.1, -0.05) is 46.4 Å². The fourth-order valence-corrected chi connectivity index (χ4v) is 5.34. The van der Waals surface area contributed by atoms with Gasteiger partial charge in [0.25, 0.3) is 11.5 Å². The number of carbonyl (C=O) groups excluding carboxylic acids is 1. The van der Waals surface area contributed by atoms with E-state index in [2.05, 4.69) is 24.8 Å². The van der Waals surface area contributed by atoms with E-state index in [0.717, 1.165) is 40.6 Å². The number of anilines is 1. The van der Waals surface area contributed by atoms with Gasteiger partial charge in [0.2, 0.25) is 5.78 Å². The van der Waals surface area contributed by atoms with Crippen LogP contribution < -0.4 is 9.30 Å². The number of aliphatic hydroxyl groups excluding tert-OH is 1. The van der Waals surface area contributed by atoms with Crippen molar-refractivity contribution >= 4 is 61.6 Å². The zero-order valence-electron chi connectivity index (χ0n) is 20.4. The maximum Gasteiger partial charge on any atom is 0.310 e. The van der Waals surface area contributed by atoms with E-state index in [1.54, 1.807) is 24.3 Å². The molecule has 180 valence electrons. The predicted molar refractivity (Wildman–Crippen MR) is 144 cm³/mol. The molecule has 0 bridgehead atoms. The third-order valence-corrected chi connectivity index (χ3v) is 7.20. The number of carbonyl (C=O) groups is 1. The van der Waals surface area contributed by atoms with E-state index in [9.17, 15) is 9.90 Å². The summed E-state index contributed by atoms with van der Waals surface area (Å²) in [7, 11) is 0. The fourth-order valence-electron chi connectivity index (χ4n) is 5.34. The van der Waals surface area contributed by atoms with Gasteiger partial charge in [-0.05, 0) is 44.2 Å². The molecule has 6 aromatic rings. The van der Waals surface area contributed by atoms with Crippen LogP contribution in [0.1, 0.15) is 35.6 Å². The maximum absolute atomic E-state index is 13.5. The van der Waals surface area contributed by atoms with Gasteiger partial charge in [0, 0.05) is 41.4 Å². The number of fused-ring (bicyclic) bond motifs is 7. The summed E-state index contributed by atoms with van der Waals surface area (Å²) >= 11 is 0. The Bertz CT molecular complexity index is 1950. The highest BCUT2D eigenvalue weighted by atomic mass is 16.3. The zero-order valence-corrected chi connectivity index (χ0v) is 20.4. The lowest BCUT2D eigenvalue weighted by Gasteiger charge is -2.20. The Morgan fingerprint density at radius 2 is 1.68 bits per heavy atom. The summed E-state index contributed by atoms with van der Waals surface area (Å²) in [6, 6.07) is 22.9. The number of ketones is 1. The van der Waals surface area contributed by atoms with Crippen LogP contribution in [0.25, 0.3) is 50.1 Å². The fraction of sp³-hybridized carbons (Fsp3) is 0.133. The Morgan fingerprint density at radius 1 is 0.919 bits per heavy atom. The molecule has 7 nitrogen and oxygen atoms in total. The van der Waals surface area contributed by atoms with E-state index in [1.165, 1.54) is 0 Å². The van der Waals surface area contributed by atoms with Crippen molar-refractivity contribution in [1.82, 2.24) is 9.97 Å². The van der Waals surface area contributed by atoms with Gasteiger partial charge < -0.3 is 14.4 Å². The van der Waals surface area contributed by atoms with Crippen LogP contribution >= 0.6 is 0 Å². The number of aromatic nitrogens is 3. The second kappa shape index (κ2) is 7.86. The van der Waals surface area contributed by atoms with Crippen molar-refractivity contribution in [2.24, 2.45) is 0 Å². The predicted octanol–water partition coefficient (Wildman–Crippen LogP) is 5.74. The lowest BCUT2D eigenvalue weighted by atomic mass is 10.1. The first-order valence-corrected chi connectivity index (χ1v) is 12.4. The number of para-hydroxylation sites is 2. The third-order valence-electron chi connectivity index (χ3n) is 7.20. The number of imidazole rings is 1. The molecule has 7 heteroatoms. The first kappa shape index (κ1) is 21.5. The Hall–Kier alpha value is -4.78. The van der Waals surface area contributed by atoms with Crippen LogP contribution in [0.3, 0.4) is 0 Å². The van der Waals surface area contributed by atoms with Crippen molar-refractivity contribution in [3.8, 4) is 0 Å². The van der Waals surface area contributed by atoms with Gasteiger partial charge in [0.05, 0.1) is 0 Å². The minimum atomic E-state index is -0.274. The maximum atomic E-state index is 13.5. The normalized spacial score (nSPS) is 13.4. The largest absolute Gasteiger partial charge is 0.506 e. The molecule has 0 atom stereocenters. The minimum absolute atomic E-state index is 0.0869. The molecular formula is C30H23N4O3+. The number of Topliss-reactive ketones (excluding diaryl/α,β-unsaturated/α-hetero) is 1. The summed E-state index contributed by atoms with van der Waals surface area (Å²) in [5.74, 6) is -0.0577. The summed E-state index contributed by atoms with van der Waals surface area (Å²) in [5.41, 5.74) is 5.37. The first-order chi connectivity index (χ1) is 18.1. The Balaban J connectivity index is 1.58. The minimum Gasteiger partial charge on any atom is -0.506 e. The molecule has 3 aromatic carbocycles. The highest BCUT2D eigenvalue weighted by Gasteiger charge is 2.38. The number of aliphatic hydroxyl groups is 1. The summed E-state index contributed by atoms with van der Waals surface area (Å²) < 4.78 is 8.22. The van der Waals surface area contributed by atoms with E-state index >= 15 is 0 Å². The van der Waals surface area contributed by atoms with Gasteiger partial charge >= 0.3 is 5.71 Å². The molecule has 1 aliphatic rings. The van der Waals surface area contributed by atoms with E-state index in [-0.39, 0.29) is 17.1 Å². The molecule has 0 fully saturated rings. The number of hydrogen-bond acceptors (Lipinski definition) is 6. The smallest absolute Gasteiger partial charge is 0.310 e. The molecular weight excluding hydrogens is 464 g/mol. The second-order valence-corrected chi connectivity index (χ2v) is 9.15. The highest BCUT2D eigenvalue weighted by Crippen LogP contribution is 2.37. The number of hydrogen-bond donors (Lipinski definition) is 1. The average Bonchev–Trinajstić information content (AvgIpc) is 3.44. The van der Waals surface area contributed by atoms with Crippen LogP contribution in [0.15, 0.2) is 77.2 Å². The summed E-state index contributed by atoms with van der Waals surface area (Å²) in [6.07, 6.45) is 0. The quantitative estimate of drug-likeness (QED) is 0.252. The molecule has 0 saturated carbocycles. The van der Waals surface area contributed by atoms with E-state index in [4.69, 9.17) is 14.4 Å². The molecule has 0 radical (unpaired) electrons. The Labute approximate surface area is 211 Å². The van der Waals surface area contributed by atoms with Crippen LogP contribution in [0.2, 0.25) is 0 Å². The molecule has 1 N–H and O–H groups in total. The van der Waals surface area contributed by atoms with Gasteiger partial charge in [-0.15, -0.1) is 0 Å². The molecule has 0 amide bonds. The van der Waals surface area contributed by atoms with Gasteiger partial charge in [0.15, 0.2) is 11.0 Å². The molecule has 37 heavy (non-hydrogen) atoms. The average molecular weight is 488 g/mol. The zero-order chi connectivity index (χ0) is 25.3. The number of rotatable bonds is 4. The number of allylic oxidation sites excluding steroid dienone is 1. The molecule has 3 aromatic heterocycles. The van der Waals surface area contributed by atoms with E-state index in [0.29, 0.717) is 33.9 Å². The highest BCUT2D eigenvalue weighted by molar-refractivity contribution is 6.38. The summed E-state index contributed by atoms with van der Waals surface area (Å²) in [6.45, 7) is 6.01. The molecule has 0 unspecified atom stereocenters. The number of benzene rings is 3. The van der Waals surface area contributed by atoms with Crippen molar-refractivity contribution in [3.63, 3.8) is 0 Å². The monoisotopic (exact) mass is 487 g/mol. The molecule has 0 saturated heterocycles. The molecule has 1 aliphatic carbocycles. The standard InChI is InChI=1S/C30H22N4O3/c1-3-33(4-2)18-14-13-17-15-21-28-31-22-11-7-8-12-23(22)34(28)29(32-30(21)37-24(17)16-18)25-26(35)19-9-5-6-10-20(19)27(25)36/h5-16H,3-4H2,1-2H3/p+1. The van der Waals surface area contributed by atoms with Crippen LogP contribution in [-0.2, 0) is 0 Å². The third kappa shape index (κ3) is 3.00. The van der Waals surface area contributed by atoms with Gasteiger partial charge in [-0.2, -0.15) is 4.40 Å². The Kier molecular flexibility index (Phi) is 4.57. The molecule has 3 heterocycles. The van der Waals surface area contributed by atoms with Crippen LogP contribution in [0.5, 0.6) is 0 Å². The van der Waals surface area contributed by atoms with Crippen molar-refractivity contribution < 1.29 is 18.7 Å². The summed E-state index contributed by atoms with van der Waals surface area (Å²) in [5, 5.41) is 12.8. The molecule has 0 aliphatic heterocycles. The number of nitrogens with zero attached hydrogens (tertiary/aromatic N) is 4. The van der Waals surface area contributed by atoms with Crippen LogP contribution in [-0.4, -0.2) is 33.9 Å². The first-order valence-electron chi connectivity index (χ1n) is 12.4. The SMILES string of the molecule is CCN(CC)c1ccc2cc3c(nc(C4=C(O)c5ccccc5C4=O)[n+]4c5ccccc5nc34)oc2c1. The van der Waals surface area contributed by atoms with Gasteiger partial charge in [0.1, 0.15) is 22.3 Å².